The average Bonchev–Trinajstić information content (AvgIpc) is 3.31. The molecule has 0 amide bonds. The maximum Gasteiger partial charge on any atom is 0.0594 e. The number of nitrogens with zero attached hydrogens (tertiary/aromatic N) is 1. The largest absolute Gasteiger partial charge is 0.379 e. The topological polar surface area (TPSA) is 24.5 Å². The second kappa shape index (κ2) is 6.70. The fourth-order valence-electron chi connectivity index (χ4n) is 2.90. The van der Waals surface area contributed by atoms with Crippen LogP contribution in [0, 0.1) is 0 Å². The van der Waals surface area contributed by atoms with Crippen LogP contribution in [0.2, 0.25) is 0 Å². The lowest BCUT2D eigenvalue weighted by molar-refractivity contribution is 0.0343. The van der Waals surface area contributed by atoms with Gasteiger partial charge in [-0.3, -0.25) is 4.90 Å². The molecule has 3 rings (SSSR count). The number of benzene rings is 1. The third-order valence-electron chi connectivity index (χ3n) is 4.29. The van der Waals surface area contributed by atoms with E-state index in [0.717, 1.165) is 45.3 Å². The third kappa shape index (κ3) is 4.05. The fraction of sp³-hybridized carbons (Fsp3) is 0.647. The molecule has 20 heavy (non-hydrogen) atoms. The molecular formula is C17H26N2O. The summed E-state index contributed by atoms with van der Waals surface area (Å²) in [5, 5.41) is 3.65. The summed E-state index contributed by atoms with van der Waals surface area (Å²) >= 11 is 0. The van der Waals surface area contributed by atoms with Crippen molar-refractivity contribution in [2.24, 2.45) is 0 Å². The number of rotatable bonds is 6. The van der Waals surface area contributed by atoms with Crippen LogP contribution in [-0.2, 0) is 11.3 Å². The van der Waals surface area contributed by atoms with E-state index in [1.54, 1.807) is 0 Å². The van der Waals surface area contributed by atoms with Gasteiger partial charge in [0.05, 0.1) is 13.2 Å². The second-order valence-corrected chi connectivity index (χ2v) is 6.21. The van der Waals surface area contributed by atoms with Crippen LogP contribution in [0.5, 0.6) is 0 Å². The first kappa shape index (κ1) is 14.1. The molecule has 1 saturated heterocycles. The van der Waals surface area contributed by atoms with E-state index in [2.05, 4.69) is 41.4 Å². The summed E-state index contributed by atoms with van der Waals surface area (Å²) in [4.78, 5) is 2.49. The molecule has 1 N–H and O–H groups in total. The highest BCUT2D eigenvalue weighted by atomic mass is 16.5. The smallest absolute Gasteiger partial charge is 0.0594 e. The molecule has 1 saturated carbocycles. The molecule has 1 aliphatic heterocycles. The zero-order valence-corrected chi connectivity index (χ0v) is 12.5. The Morgan fingerprint density at radius 3 is 2.85 bits per heavy atom. The monoisotopic (exact) mass is 274 g/mol. The summed E-state index contributed by atoms with van der Waals surface area (Å²) in [6.45, 7) is 8.29. The SMILES string of the molecule is CC(CN1CCOCC1)NCc1cccc(C2CC2)c1. The number of nitrogens with one attached hydrogen (secondary N) is 1. The number of ether oxygens (including phenoxy) is 1. The Labute approximate surface area is 122 Å². The maximum absolute atomic E-state index is 5.39. The minimum atomic E-state index is 0.526. The molecule has 0 aromatic heterocycles. The highest BCUT2D eigenvalue weighted by Crippen LogP contribution is 2.40. The van der Waals surface area contributed by atoms with E-state index in [4.69, 9.17) is 4.74 Å². The standard InChI is InChI=1S/C17H26N2O/c1-14(13-19-7-9-20-10-8-19)18-12-15-3-2-4-17(11-15)16-5-6-16/h2-4,11,14,16,18H,5-10,12-13H2,1H3. The van der Waals surface area contributed by atoms with Gasteiger partial charge in [0.15, 0.2) is 0 Å². The molecule has 1 aliphatic carbocycles. The van der Waals surface area contributed by atoms with E-state index in [9.17, 15) is 0 Å². The van der Waals surface area contributed by atoms with Gasteiger partial charge in [0.2, 0.25) is 0 Å². The first-order valence-electron chi connectivity index (χ1n) is 7.93. The van der Waals surface area contributed by atoms with Crippen LogP contribution in [0.4, 0.5) is 0 Å². The van der Waals surface area contributed by atoms with Crippen molar-refractivity contribution in [3.8, 4) is 0 Å². The molecule has 1 aromatic rings. The van der Waals surface area contributed by atoms with Gasteiger partial charge in [-0.1, -0.05) is 24.3 Å². The zero-order valence-electron chi connectivity index (χ0n) is 12.5. The molecule has 110 valence electrons. The quantitative estimate of drug-likeness (QED) is 0.862. The number of hydrogen-bond donors (Lipinski definition) is 1. The summed E-state index contributed by atoms with van der Waals surface area (Å²) < 4.78 is 5.39. The molecule has 1 heterocycles. The van der Waals surface area contributed by atoms with Crippen LogP contribution in [0.1, 0.15) is 36.8 Å². The molecule has 1 atom stereocenters. The van der Waals surface area contributed by atoms with Gasteiger partial charge in [0.25, 0.3) is 0 Å². The van der Waals surface area contributed by atoms with Crippen LogP contribution < -0.4 is 5.32 Å². The summed E-state index contributed by atoms with van der Waals surface area (Å²) in [6, 6.07) is 9.62. The molecule has 1 unspecified atom stereocenters. The third-order valence-corrected chi connectivity index (χ3v) is 4.29. The van der Waals surface area contributed by atoms with Crippen molar-refractivity contribution >= 4 is 0 Å². The van der Waals surface area contributed by atoms with Crippen molar-refractivity contribution in [1.29, 1.82) is 0 Å². The first-order valence-corrected chi connectivity index (χ1v) is 7.93. The van der Waals surface area contributed by atoms with Crippen molar-refractivity contribution in [2.75, 3.05) is 32.8 Å². The average molecular weight is 274 g/mol. The van der Waals surface area contributed by atoms with Crippen molar-refractivity contribution in [3.05, 3.63) is 35.4 Å². The molecule has 1 aromatic carbocycles. The van der Waals surface area contributed by atoms with Gasteiger partial charge in [-0.05, 0) is 36.8 Å². The van der Waals surface area contributed by atoms with E-state index in [0.29, 0.717) is 6.04 Å². The van der Waals surface area contributed by atoms with Crippen molar-refractivity contribution in [3.63, 3.8) is 0 Å². The van der Waals surface area contributed by atoms with Crippen molar-refractivity contribution < 1.29 is 4.74 Å². The maximum atomic E-state index is 5.39. The normalized spacial score (nSPS) is 21.9. The Morgan fingerprint density at radius 1 is 1.30 bits per heavy atom. The summed E-state index contributed by atoms with van der Waals surface area (Å²) in [6.07, 6.45) is 2.76. The van der Waals surface area contributed by atoms with E-state index in [-0.39, 0.29) is 0 Å². The second-order valence-electron chi connectivity index (χ2n) is 6.21. The number of morpholine rings is 1. The molecule has 3 nitrogen and oxygen atoms in total. The minimum Gasteiger partial charge on any atom is -0.379 e. The molecule has 0 spiro atoms. The Bertz CT molecular complexity index is 425. The minimum absolute atomic E-state index is 0.526. The lowest BCUT2D eigenvalue weighted by atomic mass is 10.1. The van der Waals surface area contributed by atoms with Gasteiger partial charge in [0, 0.05) is 32.2 Å². The predicted octanol–water partition coefficient (Wildman–Crippen LogP) is 2.37. The Morgan fingerprint density at radius 2 is 2.10 bits per heavy atom. The lowest BCUT2D eigenvalue weighted by Crippen LogP contribution is -2.44. The fourth-order valence-corrected chi connectivity index (χ4v) is 2.90. The van der Waals surface area contributed by atoms with Crippen LogP contribution in [0.3, 0.4) is 0 Å². The van der Waals surface area contributed by atoms with E-state index in [1.807, 2.05) is 0 Å². The molecule has 3 heteroatoms. The molecule has 0 radical (unpaired) electrons. The van der Waals surface area contributed by atoms with E-state index < -0.39 is 0 Å². The van der Waals surface area contributed by atoms with E-state index >= 15 is 0 Å². The highest BCUT2D eigenvalue weighted by Gasteiger charge is 2.23. The molecule has 0 bridgehead atoms. The first-order chi connectivity index (χ1) is 9.81. The summed E-state index contributed by atoms with van der Waals surface area (Å²) in [7, 11) is 0. The van der Waals surface area contributed by atoms with Gasteiger partial charge < -0.3 is 10.1 Å². The van der Waals surface area contributed by atoms with Gasteiger partial charge in [0.1, 0.15) is 0 Å². The van der Waals surface area contributed by atoms with Crippen molar-refractivity contribution in [2.45, 2.75) is 38.3 Å². The summed E-state index contributed by atoms with van der Waals surface area (Å²) in [5.41, 5.74) is 2.95. The Balaban J connectivity index is 1.44. The van der Waals surface area contributed by atoms with Crippen LogP contribution in [0.15, 0.2) is 24.3 Å². The van der Waals surface area contributed by atoms with Crippen molar-refractivity contribution in [1.82, 2.24) is 10.2 Å². The Hall–Kier alpha value is -0.900. The van der Waals surface area contributed by atoms with Gasteiger partial charge in [-0.25, -0.2) is 0 Å². The molecule has 2 aliphatic rings. The van der Waals surface area contributed by atoms with Crippen LogP contribution >= 0.6 is 0 Å². The van der Waals surface area contributed by atoms with Gasteiger partial charge in [-0.2, -0.15) is 0 Å². The van der Waals surface area contributed by atoms with Crippen LogP contribution in [-0.4, -0.2) is 43.8 Å². The molecule has 2 fully saturated rings. The highest BCUT2D eigenvalue weighted by molar-refractivity contribution is 5.29. The lowest BCUT2D eigenvalue weighted by Gasteiger charge is -2.29. The van der Waals surface area contributed by atoms with E-state index in [1.165, 1.54) is 24.0 Å². The molecular weight excluding hydrogens is 248 g/mol. The number of hydrogen-bond acceptors (Lipinski definition) is 3. The summed E-state index contributed by atoms with van der Waals surface area (Å²) in [5.74, 6) is 0.848. The van der Waals surface area contributed by atoms with Gasteiger partial charge >= 0.3 is 0 Å². The Kier molecular flexibility index (Phi) is 4.71. The van der Waals surface area contributed by atoms with Crippen LogP contribution in [0.25, 0.3) is 0 Å². The zero-order chi connectivity index (χ0) is 13.8. The van der Waals surface area contributed by atoms with Gasteiger partial charge in [-0.15, -0.1) is 0 Å². The predicted molar refractivity (Wildman–Crippen MR) is 82.0 cm³/mol.